The second-order valence-electron chi connectivity index (χ2n) is 11.3. The zero-order chi connectivity index (χ0) is 30.0. The number of aliphatic hydroxyl groups excluding tert-OH is 1. The summed E-state index contributed by atoms with van der Waals surface area (Å²) >= 11 is 1.55. The molecule has 0 spiro atoms. The van der Waals surface area contributed by atoms with E-state index in [9.17, 15) is 18.3 Å². The quantitative estimate of drug-likeness (QED) is 0.299. The summed E-state index contributed by atoms with van der Waals surface area (Å²) < 4.78 is 34.9. The largest absolute Gasteiger partial charge is 0.497 e. The number of hydrogen-bond acceptors (Lipinski definition) is 8. The van der Waals surface area contributed by atoms with Crippen LogP contribution in [0.3, 0.4) is 0 Å². The van der Waals surface area contributed by atoms with E-state index in [1.54, 1.807) is 26.0 Å². The maximum atomic E-state index is 13.3. The fourth-order valence-corrected chi connectivity index (χ4v) is 7.59. The molecule has 0 saturated carbocycles. The van der Waals surface area contributed by atoms with Crippen LogP contribution in [0.1, 0.15) is 26.3 Å². The Balaban J connectivity index is 1.71. The molecule has 1 saturated heterocycles. The number of nitrogens with zero attached hydrogens (tertiary/aromatic N) is 3. The molecule has 0 aromatic heterocycles. The first-order valence-corrected chi connectivity index (χ1v) is 16.6. The fraction of sp³-hybridized carbons (Fsp3) is 0.567. The van der Waals surface area contributed by atoms with Crippen LogP contribution in [-0.4, -0.2) is 104 Å². The van der Waals surface area contributed by atoms with Crippen molar-refractivity contribution in [2.45, 2.75) is 44.2 Å². The molecule has 41 heavy (non-hydrogen) atoms. The number of benzene rings is 2. The van der Waals surface area contributed by atoms with Crippen molar-refractivity contribution in [2.24, 2.45) is 11.8 Å². The molecule has 228 valence electrons. The van der Waals surface area contributed by atoms with E-state index in [0.29, 0.717) is 45.1 Å². The Hall–Kier alpha value is -2.15. The second kappa shape index (κ2) is 15.9. The Morgan fingerprint density at radius 2 is 1.66 bits per heavy atom. The molecule has 3 rings (SSSR count). The SMILES string of the molecule is COc1ccc(SN(CC(C)C)C[C@@H](O)[C@H](Cc2ccccc2)NC(=O)[C@H](C)CS(=O)(=O)N2CCN(C)CC2)cc1. The lowest BCUT2D eigenvalue weighted by atomic mass is 10.00. The van der Waals surface area contributed by atoms with E-state index >= 15 is 0 Å². The third-order valence-corrected chi connectivity index (χ3v) is 10.2. The van der Waals surface area contributed by atoms with Gasteiger partial charge in [0.1, 0.15) is 5.75 Å². The van der Waals surface area contributed by atoms with E-state index in [-0.39, 0.29) is 11.7 Å². The molecule has 1 aliphatic rings. The van der Waals surface area contributed by atoms with Crippen molar-refractivity contribution in [3.8, 4) is 5.75 Å². The molecule has 1 heterocycles. The highest BCUT2D eigenvalue weighted by Crippen LogP contribution is 2.26. The van der Waals surface area contributed by atoms with Crippen LogP contribution < -0.4 is 10.1 Å². The molecule has 3 atom stereocenters. The average molecular weight is 607 g/mol. The summed E-state index contributed by atoms with van der Waals surface area (Å²) in [7, 11) is 0.0254. The second-order valence-corrected chi connectivity index (χ2v) is 14.4. The zero-order valence-corrected chi connectivity index (χ0v) is 26.5. The van der Waals surface area contributed by atoms with Crippen molar-refractivity contribution in [3.05, 3.63) is 60.2 Å². The van der Waals surface area contributed by atoms with E-state index in [4.69, 9.17) is 4.74 Å². The van der Waals surface area contributed by atoms with Gasteiger partial charge in [-0.1, -0.05) is 51.1 Å². The van der Waals surface area contributed by atoms with Gasteiger partial charge in [-0.25, -0.2) is 12.7 Å². The van der Waals surface area contributed by atoms with Crippen molar-refractivity contribution in [2.75, 3.05) is 59.2 Å². The van der Waals surface area contributed by atoms with Gasteiger partial charge in [0, 0.05) is 44.2 Å². The van der Waals surface area contributed by atoms with E-state index in [1.165, 1.54) is 4.31 Å². The number of hydrogen-bond donors (Lipinski definition) is 2. The van der Waals surface area contributed by atoms with Gasteiger partial charge < -0.3 is 20.1 Å². The molecule has 2 aromatic carbocycles. The van der Waals surface area contributed by atoms with Gasteiger partial charge in [0.25, 0.3) is 0 Å². The lowest BCUT2D eigenvalue weighted by Crippen LogP contribution is -2.52. The molecule has 2 N–H and O–H groups in total. The van der Waals surface area contributed by atoms with Crippen LogP contribution in [0.2, 0.25) is 0 Å². The first-order valence-electron chi connectivity index (χ1n) is 14.2. The lowest BCUT2D eigenvalue weighted by molar-refractivity contribution is -0.125. The van der Waals surface area contributed by atoms with Crippen LogP contribution in [0, 0.1) is 11.8 Å². The molecule has 0 radical (unpaired) electrons. The Bertz CT molecular complexity index is 1170. The fourth-order valence-electron chi connectivity index (χ4n) is 4.72. The number of methoxy groups -OCH3 is 1. The number of piperazine rings is 1. The molecule has 0 aliphatic carbocycles. The minimum absolute atomic E-state index is 0.260. The molecule has 9 nitrogen and oxygen atoms in total. The summed E-state index contributed by atoms with van der Waals surface area (Å²) in [5.74, 6) is -0.260. The number of nitrogens with one attached hydrogen (secondary N) is 1. The molecule has 1 aliphatic heterocycles. The van der Waals surface area contributed by atoms with E-state index in [0.717, 1.165) is 22.8 Å². The molecule has 1 amide bonds. The number of ether oxygens (including phenoxy) is 1. The van der Waals surface area contributed by atoms with Gasteiger partial charge >= 0.3 is 0 Å². The van der Waals surface area contributed by atoms with Gasteiger partial charge in [-0.05, 0) is 61.2 Å². The maximum absolute atomic E-state index is 13.3. The highest BCUT2D eigenvalue weighted by Gasteiger charge is 2.32. The number of sulfonamides is 1. The number of amides is 1. The minimum Gasteiger partial charge on any atom is -0.497 e. The van der Waals surface area contributed by atoms with E-state index in [2.05, 4.69) is 28.4 Å². The highest BCUT2D eigenvalue weighted by atomic mass is 32.2. The van der Waals surface area contributed by atoms with Crippen molar-refractivity contribution >= 4 is 27.9 Å². The van der Waals surface area contributed by atoms with Crippen LogP contribution in [0.15, 0.2) is 59.5 Å². The number of rotatable bonds is 15. The summed E-state index contributed by atoms with van der Waals surface area (Å²) in [5.41, 5.74) is 0.979. The monoisotopic (exact) mass is 606 g/mol. The lowest BCUT2D eigenvalue weighted by Gasteiger charge is -2.33. The van der Waals surface area contributed by atoms with Gasteiger partial charge in [-0.15, -0.1) is 0 Å². The molecule has 0 unspecified atom stereocenters. The van der Waals surface area contributed by atoms with Crippen LogP contribution in [0.4, 0.5) is 0 Å². The number of aliphatic hydroxyl groups is 1. The molecular formula is C30H46N4O5S2. The first kappa shape index (κ1) is 33.4. The normalized spacial score (nSPS) is 17.4. The summed E-state index contributed by atoms with van der Waals surface area (Å²) in [6.07, 6.45) is -0.459. The van der Waals surface area contributed by atoms with Crippen molar-refractivity contribution in [3.63, 3.8) is 0 Å². The predicted molar refractivity (Wildman–Crippen MR) is 165 cm³/mol. The molecule has 0 bridgehead atoms. The zero-order valence-electron chi connectivity index (χ0n) is 24.9. The third kappa shape index (κ3) is 10.9. The summed E-state index contributed by atoms with van der Waals surface area (Å²) in [5, 5.41) is 14.5. The van der Waals surface area contributed by atoms with Gasteiger partial charge in [-0.3, -0.25) is 4.79 Å². The molecular weight excluding hydrogens is 560 g/mol. The Morgan fingerprint density at radius 1 is 1.02 bits per heavy atom. The van der Waals surface area contributed by atoms with Crippen LogP contribution in [0.25, 0.3) is 0 Å². The summed E-state index contributed by atoms with van der Waals surface area (Å²) in [6, 6.07) is 16.9. The van der Waals surface area contributed by atoms with E-state index in [1.807, 2.05) is 61.6 Å². The Labute approximate surface area is 250 Å². The third-order valence-electron chi connectivity index (χ3n) is 7.11. The minimum atomic E-state index is -3.58. The number of carbonyl (C=O) groups is 1. The standard InChI is InChI=1S/C30H46N4O5S2/c1-23(2)20-33(40-27-13-11-26(39-5)12-14-27)21-29(35)28(19-25-9-7-6-8-10-25)31-30(36)24(3)22-41(37,38)34-17-15-32(4)16-18-34/h6-14,23-24,28-29,35H,15-22H2,1-5H3,(H,31,36)/t24-,28+,29-/m1/s1. The van der Waals surface area contributed by atoms with Gasteiger partial charge in [-0.2, -0.15) is 4.31 Å². The smallest absolute Gasteiger partial charge is 0.224 e. The first-order chi connectivity index (χ1) is 19.5. The Kier molecular flexibility index (Phi) is 12.9. The topological polar surface area (TPSA) is 102 Å². The predicted octanol–water partition coefficient (Wildman–Crippen LogP) is 2.96. The van der Waals surface area contributed by atoms with Crippen LogP contribution >= 0.6 is 11.9 Å². The van der Waals surface area contributed by atoms with Crippen molar-refractivity contribution in [1.29, 1.82) is 0 Å². The highest BCUT2D eigenvalue weighted by molar-refractivity contribution is 7.97. The maximum Gasteiger partial charge on any atom is 0.224 e. The van der Waals surface area contributed by atoms with Crippen LogP contribution in [-0.2, 0) is 21.2 Å². The van der Waals surface area contributed by atoms with Gasteiger partial charge in [0.05, 0.1) is 30.9 Å². The average Bonchev–Trinajstić information content (AvgIpc) is 2.93. The van der Waals surface area contributed by atoms with Crippen molar-refractivity contribution in [1.82, 2.24) is 18.8 Å². The Morgan fingerprint density at radius 3 is 2.24 bits per heavy atom. The molecule has 11 heteroatoms. The molecule has 2 aromatic rings. The summed E-state index contributed by atoms with van der Waals surface area (Å²) in [6.45, 7) is 9.15. The van der Waals surface area contributed by atoms with E-state index < -0.39 is 28.1 Å². The van der Waals surface area contributed by atoms with Gasteiger partial charge in [0.2, 0.25) is 15.9 Å². The summed E-state index contributed by atoms with van der Waals surface area (Å²) in [4.78, 5) is 16.4. The number of carbonyl (C=O) groups excluding carboxylic acids is 1. The molecule has 1 fully saturated rings. The van der Waals surface area contributed by atoms with Gasteiger partial charge in [0.15, 0.2) is 0 Å². The van der Waals surface area contributed by atoms with Crippen molar-refractivity contribution < 1.29 is 23.1 Å². The number of likely N-dealkylation sites (N-methyl/N-ethyl adjacent to an activating group) is 1. The van der Waals surface area contributed by atoms with Crippen LogP contribution in [0.5, 0.6) is 5.75 Å².